The van der Waals surface area contributed by atoms with Crippen molar-refractivity contribution < 1.29 is 14.7 Å². The van der Waals surface area contributed by atoms with Gasteiger partial charge in [0.2, 0.25) is 5.78 Å². The largest absolute Gasteiger partial charge is 0.478 e. The molecule has 5 nitrogen and oxygen atoms in total. The van der Waals surface area contributed by atoms with Gasteiger partial charge in [-0.1, -0.05) is 6.07 Å². The SMILES string of the molecule is O=C(O)c1cn2cc(-c3cccs3)ccc2c1C(=O)c1ccc(Br)cn1. The number of rotatable bonds is 4. The molecule has 0 aromatic carbocycles. The summed E-state index contributed by atoms with van der Waals surface area (Å²) in [7, 11) is 0. The Labute approximate surface area is 160 Å². The van der Waals surface area contributed by atoms with E-state index in [9.17, 15) is 14.7 Å². The van der Waals surface area contributed by atoms with Crippen LogP contribution in [0.5, 0.6) is 0 Å². The number of fused-ring (bicyclic) bond motifs is 1. The van der Waals surface area contributed by atoms with Crippen molar-refractivity contribution in [3.05, 3.63) is 81.7 Å². The number of carbonyl (C=O) groups excluding carboxylic acids is 1. The molecule has 0 aliphatic carbocycles. The Bertz CT molecular complexity index is 1130. The van der Waals surface area contributed by atoms with Crippen molar-refractivity contribution in [2.45, 2.75) is 0 Å². The molecule has 0 aliphatic rings. The third-order valence-corrected chi connectivity index (χ3v) is 5.38. The molecule has 4 heterocycles. The van der Waals surface area contributed by atoms with Gasteiger partial charge in [-0.15, -0.1) is 11.3 Å². The number of hydrogen-bond acceptors (Lipinski definition) is 4. The number of aromatic nitrogens is 2. The summed E-state index contributed by atoms with van der Waals surface area (Å²) in [5.74, 6) is -1.56. The molecule has 0 amide bonds. The number of pyridine rings is 2. The molecular weight excluding hydrogens is 416 g/mol. The van der Waals surface area contributed by atoms with Gasteiger partial charge >= 0.3 is 5.97 Å². The number of nitrogens with zero attached hydrogens (tertiary/aromatic N) is 2. The number of carbonyl (C=O) groups is 2. The van der Waals surface area contributed by atoms with E-state index < -0.39 is 11.8 Å². The fourth-order valence-electron chi connectivity index (χ4n) is 2.81. The lowest BCUT2D eigenvalue weighted by Crippen LogP contribution is -2.09. The Balaban J connectivity index is 1.89. The highest BCUT2D eigenvalue weighted by Crippen LogP contribution is 2.28. The monoisotopic (exact) mass is 426 g/mol. The van der Waals surface area contributed by atoms with Gasteiger partial charge in [0.25, 0.3) is 0 Å². The first-order valence-electron chi connectivity index (χ1n) is 7.63. The van der Waals surface area contributed by atoms with Crippen LogP contribution in [-0.4, -0.2) is 26.2 Å². The lowest BCUT2D eigenvalue weighted by atomic mass is 10.0. The number of carboxylic acid groups (broad SMARTS) is 1. The first-order valence-corrected chi connectivity index (χ1v) is 9.30. The zero-order valence-corrected chi connectivity index (χ0v) is 15.6. The second-order valence-electron chi connectivity index (χ2n) is 5.60. The Hall–Kier alpha value is -2.77. The molecule has 0 fully saturated rings. The minimum absolute atomic E-state index is 0.0388. The van der Waals surface area contributed by atoms with Gasteiger partial charge in [0.15, 0.2) is 0 Å². The predicted octanol–water partition coefficient (Wildman–Crippen LogP) is 4.75. The minimum Gasteiger partial charge on any atom is -0.478 e. The molecule has 4 rings (SSSR count). The number of halogens is 1. The van der Waals surface area contributed by atoms with E-state index in [2.05, 4.69) is 20.9 Å². The molecule has 0 radical (unpaired) electrons. The Morgan fingerprint density at radius 2 is 1.96 bits per heavy atom. The zero-order valence-electron chi connectivity index (χ0n) is 13.2. The normalized spacial score (nSPS) is 11.0. The van der Waals surface area contributed by atoms with E-state index in [1.54, 1.807) is 33.9 Å². The molecule has 128 valence electrons. The second-order valence-corrected chi connectivity index (χ2v) is 7.46. The van der Waals surface area contributed by atoms with Crippen molar-refractivity contribution in [2.24, 2.45) is 0 Å². The van der Waals surface area contributed by atoms with Gasteiger partial charge in [0.1, 0.15) is 5.69 Å². The number of hydrogen-bond donors (Lipinski definition) is 1. The van der Waals surface area contributed by atoms with E-state index in [0.717, 1.165) is 14.9 Å². The van der Waals surface area contributed by atoms with Gasteiger partial charge in [0.05, 0.1) is 16.6 Å². The molecule has 7 heteroatoms. The summed E-state index contributed by atoms with van der Waals surface area (Å²) in [4.78, 5) is 29.8. The van der Waals surface area contributed by atoms with E-state index in [1.807, 2.05) is 29.8 Å². The van der Waals surface area contributed by atoms with Gasteiger partial charge in [-0.05, 0) is 51.6 Å². The zero-order chi connectivity index (χ0) is 18.3. The summed E-state index contributed by atoms with van der Waals surface area (Å²) >= 11 is 4.87. The second kappa shape index (κ2) is 6.51. The molecule has 0 saturated heterocycles. The van der Waals surface area contributed by atoms with Gasteiger partial charge in [-0.2, -0.15) is 0 Å². The average molecular weight is 427 g/mol. The highest BCUT2D eigenvalue weighted by molar-refractivity contribution is 9.10. The number of ketones is 1. The fraction of sp³-hybridized carbons (Fsp3) is 0. The Morgan fingerprint density at radius 3 is 2.62 bits per heavy atom. The lowest BCUT2D eigenvalue weighted by Gasteiger charge is -2.03. The summed E-state index contributed by atoms with van der Waals surface area (Å²) in [6.07, 6.45) is 4.82. The third kappa shape index (κ3) is 2.85. The van der Waals surface area contributed by atoms with E-state index in [4.69, 9.17) is 0 Å². The topological polar surface area (TPSA) is 71.7 Å². The highest BCUT2D eigenvalue weighted by atomic mass is 79.9. The lowest BCUT2D eigenvalue weighted by molar-refractivity contribution is 0.0693. The van der Waals surface area contributed by atoms with Gasteiger partial charge in [-0.25, -0.2) is 4.79 Å². The van der Waals surface area contributed by atoms with Crippen LogP contribution >= 0.6 is 27.3 Å². The van der Waals surface area contributed by atoms with E-state index in [1.165, 1.54) is 12.4 Å². The molecule has 4 aromatic rings. The van der Waals surface area contributed by atoms with Crippen LogP contribution in [0, 0.1) is 0 Å². The van der Waals surface area contributed by atoms with Crippen molar-refractivity contribution in [1.82, 2.24) is 9.38 Å². The molecule has 4 aromatic heterocycles. The van der Waals surface area contributed by atoms with Crippen LogP contribution in [0.15, 0.2) is 64.8 Å². The van der Waals surface area contributed by atoms with Crippen molar-refractivity contribution in [1.29, 1.82) is 0 Å². The maximum Gasteiger partial charge on any atom is 0.338 e. The smallest absolute Gasteiger partial charge is 0.338 e. The molecule has 0 spiro atoms. The Kier molecular flexibility index (Phi) is 4.18. The van der Waals surface area contributed by atoms with Gasteiger partial charge < -0.3 is 9.51 Å². The summed E-state index contributed by atoms with van der Waals surface area (Å²) in [5, 5.41) is 11.5. The fourth-order valence-corrected chi connectivity index (χ4v) is 3.76. The maximum absolute atomic E-state index is 12.9. The molecule has 0 unspecified atom stereocenters. The van der Waals surface area contributed by atoms with Crippen LogP contribution in [0.2, 0.25) is 0 Å². The molecule has 0 saturated carbocycles. The number of aromatic carboxylic acids is 1. The van der Waals surface area contributed by atoms with Crippen LogP contribution in [0.1, 0.15) is 26.4 Å². The standard InChI is InChI=1S/C19H11BrN2O3S/c20-12-4-5-14(21-8-12)18(23)17-13(19(24)25)10-22-9-11(3-6-15(17)22)16-2-1-7-26-16/h1-10H,(H,24,25). The summed E-state index contributed by atoms with van der Waals surface area (Å²) in [5.41, 5.74) is 1.80. The van der Waals surface area contributed by atoms with E-state index >= 15 is 0 Å². The first kappa shape index (κ1) is 16.7. The van der Waals surface area contributed by atoms with Gasteiger partial charge in [-0.3, -0.25) is 9.78 Å². The van der Waals surface area contributed by atoms with Crippen LogP contribution < -0.4 is 0 Å². The Morgan fingerprint density at radius 1 is 1.12 bits per heavy atom. The summed E-state index contributed by atoms with van der Waals surface area (Å²) in [6, 6.07) is 10.9. The number of thiophene rings is 1. The van der Waals surface area contributed by atoms with Crippen molar-refractivity contribution in [3.8, 4) is 10.4 Å². The molecule has 1 N–H and O–H groups in total. The van der Waals surface area contributed by atoms with Crippen LogP contribution in [-0.2, 0) is 0 Å². The van der Waals surface area contributed by atoms with Crippen LogP contribution in [0.3, 0.4) is 0 Å². The predicted molar refractivity (Wildman–Crippen MR) is 103 cm³/mol. The summed E-state index contributed by atoms with van der Waals surface area (Å²) in [6.45, 7) is 0. The van der Waals surface area contributed by atoms with Gasteiger partial charge in [0, 0.05) is 33.5 Å². The van der Waals surface area contributed by atoms with Crippen LogP contribution in [0.25, 0.3) is 16.0 Å². The molecule has 0 atom stereocenters. The maximum atomic E-state index is 12.9. The van der Waals surface area contributed by atoms with Crippen molar-refractivity contribution in [3.63, 3.8) is 0 Å². The molecule has 0 bridgehead atoms. The van der Waals surface area contributed by atoms with E-state index in [0.29, 0.717) is 5.52 Å². The summed E-state index contributed by atoms with van der Waals surface area (Å²) < 4.78 is 2.43. The molecular formula is C19H11BrN2O3S. The first-order chi connectivity index (χ1) is 12.5. The minimum atomic E-state index is -1.15. The van der Waals surface area contributed by atoms with Crippen LogP contribution in [0.4, 0.5) is 0 Å². The molecule has 0 aliphatic heterocycles. The molecule has 26 heavy (non-hydrogen) atoms. The van der Waals surface area contributed by atoms with Crippen molar-refractivity contribution in [2.75, 3.05) is 0 Å². The number of carboxylic acids is 1. The van der Waals surface area contributed by atoms with Crippen molar-refractivity contribution >= 4 is 44.5 Å². The highest BCUT2D eigenvalue weighted by Gasteiger charge is 2.24. The average Bonchev–Trinajstić information content (AvgIpc) is 3.29. The quantitative estimate of drug-likeness (QED) is 0.477. The third-order valence-electron chi connectivity index (χ3n) is 3.99. The van der Waals surface area contributed by atoms with E-state index in [-0.39, 0.29) is 16.8 Å².